The number of sulfonamides is 1. The molecule has 0 atom stereocenters. The second kappa shape index (κ2) is 5.61. The van der Waals surface area contributed by atoms with Gasteiger partial charge in [0.15, 0.2) is 5.13 Å². The van der Waals surface area contributed by atoms with E-state index in [0.29, 0.717) is 5.13 Å². The van der Waals surface area contributed by atoms with E-state index in [4.69, 9.17) is 5.73 Å². The highest BCUT2D eigenvalue weighted by Crippen LogP contribution is 2.27. The summed E-state index contributed by atoms with van der Waals surface area (Å²) in [6, 6.07) is 2.22. The normalized spacial score (nSPS) is 11.6. The summed E-state index contributed by atoms with van der Waals surface area (Å²) in [5.41, 5.74) is 6.39. The number of hydrogen-bond acceptors (Lipinski definition) is 5. The van der Waals surface area contributed by atoms with Crippen molar-refractivity contribution >= 4 is 32.2 Å². The first-order chi connectivity index (χ1) is 9.74. The molecule has 0 saturated heterocycles. The zero-order chi connectivity index (χ0) is 15.8. The van der Waals surface area contributed by atoms with Crippen molar-refractivity contribution in [2.45, 2.75) is 32.1 Å². The van der Waals surface area contributed by atoms with Gasteiger partial charge in [0, 0.05) is 4.88 Å². The molecular formula is C13H16FN3O2S2. The smallest absolute Gasteiger partial charge is 0.264 e. The second-order valence-corrected chi connectivity index (χ2v) is 7.47. The van der Waals surface area contributed by atoms with E-state index in [1.54, 1.807) is 0 Å². The van der Waals surface area contributed by atoms with Crippen molar-refractivity contribution in [2.75, 3.05) is 10.5 Å². The van der Waals surface area contributed by atoms with Crippen LogP contribution < -0.4 is 10.5 Å². The van der Waals surface area contributed by atoms with Crippen LogP contribution in [0.4, 0.5) is 15.2 Å². The summed E-state index contributed by atoms with van der Waals surface area (Å²) in [5, 5.41) is 0.298. The molecule has 21 heavy (non-hydrogen) atoms. The number of anilines is 2. The van der Waals surface area contributed by atoms with Gasteiger partial charge in [-0.2, -0.15) is 0 Å². The molecule has 0 bridgehead atoms. The number of halogens is 1. The molecule has 0 radical (unpaired) electrons. The third kappa shape index (κ3) is 3.16. The van der Waals surface area contributed by atoms with Crippen molar-refractivity contribution in [1.82, 2.24) is 4.98 Å². The standard InChI is InChI=1S/C13H16FN3O2S2/c1-4-11-8(3)20-13(16-11)17-21(18,19)12-6-10(15)9(14)5-7(12)2/h5-6H,4,15H2,1-3H3,(H,16,17). The van der Waals surface area contributed by atoms with Crippen LogP contribution in [0.1, 0.15) is 23.1 Å². The van der Waals surface area contributed by atoms with E-state index in [1.807, 2.05) is 13.8 Å². The molecule has 0 unspecified atom stereocenters. The minimum absolute atomic E-state index is 0.0488. The van der Waals surface area contributed by atoms with Gasteiger partial charge in [-0.15, -0.1) is 11.3 Å². The number of nitrogens with one attached hydrogen (secondary N) is 1. The molecule has 0 fully saturated rings. The van der Waals surface area contributed by atoms with E-state index in [9.17, 15) is 12.8 Å². The van der Waals surface area contributed by atoms with Gasteiger partial charge in [0.1, 0.15) is 5.82 Å². The average molecular weight is 329 g/mol. The van der Waals surface area contributed by atoms with E-state index >= 15 is 0 Å². The topological polar surface area (TPSA) is 85.1 Å². The maximum atomic E-state index is 13.3. The largest absolute Gasteiger partial charge is 0.396 e. The fourth-order valence-electron chi connectivity index (χ4n) is 1.93. The molecule has 3 N–H and O–H groups in total. The minimum Gasteiger partial charge on any atom is -0.396 e. The van der Waals surface area contributed by atoms with Gasteiger partial charge >= 0.3 is 0 Å². The Morgan fingerprint density at radius 2 is 2.05 bits per heavy atom. The Labute approximate surface area is 127 Å². The number of nitrogens with two attached hydrogens (primary N) is 1. The van der Waals surface area contributed by atoms with Crippen LogP contribution in [0.3, 0.4) is 0 Å². The number of hydrogen-bond donors (Lipinski definition) is 2. The van der Waals surface area contributed by atoms with Gasteiger partial charge in [-0.1, -0.05) is 6.92 Å². The summed E-state index contributed by atoms with van der Waals surface area (Å²) >= 11 is 1.27. The third-order valence-electron chi connectivity index (χ3n) is 3.03. The summed E-state index contributed by atoms with van der Waals surface area (Å²) < 4.78 is 40.5. The molecule has 5 nitrogen and oxygen atoms in total. The van der Waals surface area contributed by atoms with Crippen molar-refractivity contribution in [1.29, 1.82) is 0 Å². The lowest BCUT2D eigenvalue weighted by Gasteiger charge is -2.09. The lowest BCUT2D eigenvalue weighted by atomic mass is 10.2. The molecule has 1 heterocycles. The lowest BCUT2D eigenvalue weighted by Crippen LogP contribution is -2.15. The Bertz CT molecular complexity index is 785. The summed E-state index contributed by atoms with van der Waals surface area (Å²) in [4.78, 5) is 5.15. The van der Waals surface area contributed by atoms with Crippen LogP contribution in [-0.4, -0.2) is 13.4 Å². The fourth-order valence-corrected chi connectivity index (χ4v) is 4.33. The molecule has 1 aromatic heterocycles. The zero-order valence-electron chi connectivity index (χ0n) is 11.9. The molecule has 2 rings (SSSR count). The van der Waals surface area contributed by atoms with Crippen molar-refractivity contribution in [2.24, 2.45) is 0 Å². The van der Waals surface area contributed by atoms with Gasteiger partial charge in [0.2, 0.25) is 0 Å². The molecule has 0 aliphatic carbocycles. The summed E-state index contributed by atoms with van der Waals surface area (Å²) in [6.07, 6.45) is 0.729. The predicted molar refractivity (Wildman–Crippen MR) is 82.6 cm³/mol. The van der Waals surface area contributed by atoms with Gasteiger partial charge in [0.05, 0.1) is 16.3 Å². The monoisotopic (exact) mass is 329 g/mol. The molecule has 8 heteroatoms. The Morgan fingerprint density at radius 1 is 1.38 bits per heavy atom. The number of aryl methyl sites for hydroxylation is 3. The third-order valence-corrected chi connectivity index (χ3v) is 5.57. The van der Waals surface area contributed by atoms with Gasteiger partial charge < -0.3 is 5.73 Å². The molecule has 0 amide bonds. The van der Waals surface area contributed by atoms with Crippen LogP contribution in [0, 0.1) is 19.7 Å². The van der Waals surface area contributed by atoms with E-state index in [-0.39, 0.29) is 16.1 Å². The highest BCUT2D eigenvalue weighted by atomic mass is 32.2. The molecular weight excluding hydrogens is 313 g/mol. The van der Waals surface area contributed by atoms with Gasteiger partial charge in [0.25, 0.3) is 10.0 Å². The van der Waals surface area contributed by atoms with E-state index in [1.165, 1.54) is 18.3 Å². The Kier molecular flexibility index (Phi) is 4.20. The Hall–Kier alpha value is -1.67. The van der Waals surface area contributed by atoms with Crippen LogP contribution in [-0.2, 0) is 16.4 Å². The van der Waals surface area contributed by atoms with Crippen LogP contribution in [0.2, 0.25) is 0 Å². The van der Waals surface area contributed by atoms with E-state index in [2.05, 4.69) is 9.71 Å². The number of aromatic nitrogens is 1. The average Bonchev–Trinajstić information content (AvgIpc) is 2.72. The summed E-state index contributed by atoms with van der Waals surface area (Å²) in [5.74, 6) is -0.634. The van der Waals surface area contributed by atoms with Crippen LogP contribution in [0.25, 0.3) is 0 Å². The SMILES string of the molecule is CCc1nc(NS(=O)(=O)c2cc(N)c(F)cc2C)sc1C. The first kappa shape index (κ1) is 15.7. The molecule has 1 aromatic carbocycles. The maximum Gasteiger partial charge on any atom is 0.264 e. The maximum absolute atomic E-state index is 13.3. The highest BCUT2D eigenvalue weighted by molar-refractivity contribution is 7.93. The van der Waals surface area contributed by atoms with Crippen LogP contribution in [0.5, 0.6) is 0 Å². The number of nitrogen functional groups attached to an aromatic ring is 1. The summed E-state index contributed by atoms with van der Waals surface area (Å²) in [7, 11) is -3.84. The summed E-state index contributed by atoms with van der Waals surface area (Å²) in [6.45, 7) is 5.35. The van der Waals surface area contributed by atoms with Crippen molar-refractivity contribution in [3.05, 3.63) is 34.1 Å². The van der Waals surface area contributed by atoms with Crippen molar-refractivity contribution in [3.63, 3.8) is 0 Å². The number of benzene rings is 1. The molecule has 0 saturated carbocycles. The number of nitrogens with zero attached hydrogens (tertiary/aromatic N) is 1. The first-order valence-electron chi connectivity index (χ1n) is 6.29. The number of rotatable bonds is 4. The van der Waals surface area contributed by atoms with Crippen LogP contribution >= 0.6 is 11.3 Å². The highest BCUT2D eigenvalue weighted by Gasteiger charge is 2.21. The van der Waals surface area contributed by atoms with Gasteiger partial charge in [-0.25, -0.2) is 17.8 Å². The van der Waals surface area contributed by atoms with Crippen molar-refractivity contribution in [3.8, 4) is 0 Å². The molecule has 0 spiro atoms. The minimum atomic E-state index is -3.84. The zero-order valence-corrected chi connectivity index (χ0v) is 13.5. The van der Waals surface area contributed by atoms with Crippen molar-refractivity contribution < 1.29 is 12.8 Å². The van der Waals surface area contributed by atoms with Gasteiger partial charge in [-0.3, -0.25) is 4.72 Å². The molecule has 2 aromatic rings. The number of thiazole rings is 1. The predicted octanol–water partition coefficient (Wildman–Crippen LogP) is 2.84. The Balaban J connectivity index is 2.40. The quantitative estimate of drug-likeness (QED) is 0.845. The van der Waals surface area contributed by atoms with E-state index in [0.717, 1.165) is 29.1 Å². The molecule has 114 valence electrons. The van der Waals surface area contributed by atoms with Gasteiger partial charge in [-0.05, 0) is 38.0 Å². The molecule has 0 aliphatic rings. The van der Waals surface area contributed by atoms with Crippen LogP contribution in [0.15, 0.2) is 17.0 Å². The second-order valence-electron chi connectivity index (χ2n) is 4.62. The fraction of sp³-hybridized carbons (Fsp3) is 0.308. The first-order valence-corrected chi connectivity index (χ1v) is 8.59. The molecule has 0 aliphatic heterocycles. The Morgan fingerprint density at radius 3 is 2.62 bits per heavy atom. The lowest BCUT2D eigenvalue weighted by molar-refractivity contribution is 0.599. The van der Waals surface area contributed by atoms with E-state index < -0.39 is 15.8 Å².